The van der Waals surface area contributed by atoms with Crippen LogP contribution in [0.3, 0.4) is 0 Å². The number of carbonyl (C=O) groups is 1. The van der Waals surface area contributed by atoms with Gasteiger partial charge in [0.2, 0.25) is 5.91 Å². The van der Waals surface area contributed by atoms with E-state index in [2.05, 4.69) is 16.0 Å². The van der Waals surface area contributed by atoms with Gasteiger partial charge in [0, 0.05) is 43.9 Å². The molecule has 3 rings (SSSR count). The fourth-order valence-corrected chi connectivity index (χ4v) is 3.51. The second-order valence-corrected chi connectivity index (χ2v) is 6.27. The van der Waals surface area contributed by atoms with Gasteiger partial charge in [-0.25, -0.2) is 0 Å². The van der Waals surface area contributed by atoms with Gasteiger partial charge in [-0.3, -0.25) is 9.78 Å². The minimum atomic E-state index is 0.0739. The maximum atomic E-state index is 12.3. The molecule has 0 radical (unpaired) electrons. The Hall–Kier alpha value is -1.74. The van der Waals surface area contributed by atoms with E-state index in [9.17, 15) is 4.79 Å². The summed E-state index contributed by atoms with van der Waals surface area (Å²) in [6.45, 7) is 3.14. The monoisotopic (exact) mass is 288 g/mol. The molecular weight excluding hydrogens is 272 g/mol. The van der Waals surface area contributed by atoms with Crippen LogP contribution in [0.4, 0.5) is 5.69 Å². The Balaban J connectivity index is 1.61. The second kappa shape index (κ2) is 5.71. The molecule has 2 fully saturated rings. The molecule has 104 valence electrons. The Morgan fingerprint density at radius 1 is 1.40 bits per heavy atom. The van der Waals surface area contributed by atoms with Crippen LogP contribution in [0.1, 0.15) is 5.56 Å². The van der Waals surface area contributed by atoms with E-state index in [0.717, 1.165) is 30.3 Å². The standard InChI is InChI=1S/C14H16N4OS/c15-7-11-1-2-16-8-13(11)18-9-12(10-18)14(19)17-3-5-20-6-4-17/h1-2,8,12H,3-6,9-10H2. The van der Waals surface area contributed by atoms with Gasteiger partial charge in [-0.15, -0.1) is 0 Å². The topological polar surface area (TPSA) is 60.2 Å². The lowest BCUT2D eigenvalue weighted by molar-refractivity contribution is -0.135. The highest BCUT2D eigenvalue weighted by atomic mass is 32.2. The molecule has 0 saturated carbocycles. The number of amides is 1. The Morgan fingerprint density at radius 3 is 2.85 bits per heavy atom. The van der Waals surface area contributed by atoms with Crippen LogP contribution in [0.5, 0.6) is 0 Å². The molecule has 0 unspecified atom stereocenters. The first-order valence-electron chi connectivity index (χ1n) is 6.75. The molecule has 0 spiro atoms. The van der Waals surface area contributed by atoms with E-state index in [1.165, 1.54) is 0 Å². The number of hydrogen-bond donors (Lipinski definition) is 0. The Morgan fingerprint density at radius 2 is 2.15 bits per heavy atom. The van der Waals surface area contributed by atoms with Crippen molar-refractivity contribution in [2.45, 2.75) is 0 Å². The highest BCUT2D eigenvalue weighted by Gasteiger charge is 2.36. The molecule has 6 heteroatoms. The zero-order chi connectivity index (χ0) is 13.9. The molecule has 0 bridgehead atoms. The molecule has 5 nitrogen and oxygen atoms in total. The fraction of sp³-hybridized carbons (Fsp3) is 0.500. The van der Waals surface area contributed by atoms with Crippen molar-refractivity contribution < 1.29 is 4.79 Å². The molecule has 2 aliphatic rings. The van der Waals surface area contributed by atoms with Crippen molar-refractivity contribution in [1.82, 2.24) is 9.88 Å². The summed E-state index contributed by atoms with van der Waals surface area (Å²) in [6.07, 6.45) is 3.33. The molecule has 3 heterocycles. The number of carbonyl (C=O) groups excluding carboxylic acids is 1. The zero-order valence-corrected chi connectivity index (χ0v) is 12.0. The SMILES string of the molecule is N#Cc1ccncc1N1CC(C(=O)N2CCSCC2)C1. The fourth-order valence-electron chi connectivity index (χ4n) is 2.61. The average molecular weight is 288 g/mol. The number of aromatic nitrogens is 1. The van der Waals surface area contributed by atoms with E-state index in [0.29, 0.717) is 18.7 Å². The molecule has 0 aliphatic carbocycles. The molecule has 20 heavy (non-hydrogen) atoms. The Labute approximate surface area is 122 Å². The van der Waals surface area contributed by atoms with Crippen LogP contribution in [0.2, 0.25) is 0 Å². The molecular formula is C14H16N4OS. The smallest absolute Gasteiger partial charge is 0.229 e. The van der Waals surface area contributed by atoms with E-state index in [1.807, 2.05) is 16.7 Å². The van der Waals surface area contributed by atoms with Crippen molar-refractivity contribution in [2.24, 2.45) is 5.92 Å². The first kappa shape index (κ1) is 13.3. The highest BCUT2D eigenvalue weighted by molar-refractivity contribution is 7.99. The van der Waals surface area contributed by atoms with E-state index >= 15 is 0 Å². The first-order chi connectivity index (χ1) is 9.79. The molecule has 1 amide bonds. The molecule has 2 saturated heterocycles. The average Bonchev–Trinajstić information content (AvgIpc) is 2.47. The number of nitriles is 1. The summed E-state index contributed by atoms with van der Waals surface area (Å²) in [5.74, 6) is 2.43. The van der Waals surface area contributed by atoms with E-state index in [4.69, 9.17) is 5.26 Å². The summed E-state index contributed by atoms with van der Waals surface area (Å²) < 4.78 is 0. The number of hydrogen-bond acceptors (Lipinski definition) is 5. The lowest BCUT2D eigenvalue weighted by Crippen LogP contribution is -2.56. The van der Waals surface area contributed by atoms with Gasteiger partial charge in [0.05, 0.1) is 23.4 Å². The zero-order valence-electron chi connectivity index (χ0n) is 11.2. The van der Waals surface area contributed by atoms with Gasteiger partial charge in [-0.2, -0.15) is 17.0 Å². The van der Waals surface area contributed by atoms with Crippen molar-refractivity contribution in [2.75, 3.05) is 42.6 Å². The molecule has 1 aromatic heterocycles. The van der Waals surface area contributed by atoms with Crippen molar-refractivity contribution in [3.63, 3.8) is 0 Å². The van der Waals surface area contributed by atoms with Crippen LogP contribution in [0.25, 0.3) is 0 Å². The van der Waals surface area contributed by atoms with Crippen LogP contribution in [-0.4, -0.2) is 53.5 Å². The van der Waals surface area contributed by atoms with Crippen molar-refractivity contribution in [3.8, 4) is 6.07 Å². The minimum Gasteiger partial charge on any atom is -0.367 e. The van der Waals surface area contributed by atoms with Gasteiger partial charge >= 0.3 is 0 Å². The maximum absolute atomic E-state index is 12.3. The van der Waals surface area contributed by atoms with Crippen LogP contribution in [-0.2, 0) is 4.79 Å². The lowest BCUT2D eigenvalue weighted by Gasteiger charge is -2.42. The lowest BCUT2D eigenvalue weighted by atomic mass is 9.97. The van der Waals surface area contributed by atoms with E-state index in [-0.39, 0.29) is 11.8 Å². The normalized spacial score (nSPS) is 19.4. The largest absolute Gasteiger partial charge is 0.367 e. The van der Waals surface area contributed by atoms with Gasteiger partial charge in [-0.05, 0) is 6.07 Å². The summed E-state index contributed by atoms with van der Waals surface area (Å²) in [6, 6.07) is 3.89. The van der Waals surface area contributed by atoms with Crippen LogP contribution >= 0.6 is 11.8 Å². The van der Waals surface area contributed by atoms with E-state index < -0.39 is 0 Å². The number of pyridine rings is 1. The van der Waals surface area contributed by atoms with Crippen molar-refractivity contribution in [1.29, 1.82) is 5.26 Å². The van der Waals surface area contributed by atoms with Gasteiger partial charge < -0.3 is 9.80 Å². The molecule has 0 N–H and O–H groups in total. The predicted octanol–water partition coefficient (Wildman–Crippen LogP) is 0.965. The van der Waals surface area contributed by atoms with Crippen molar-refractivity contribution in [3.05, 3.63) is 24.0 Å². The molecule has 1 aromatic rings. The molecule has 0 atom stereocenters. The third kappa shape index (κ3) is 2.46. The molecule has 2 aliphatic heterocycles. The number of anilines is 1. The summed E-state index contributed by atoms with van der Waals surface area (Å²) in [4.78, 5) is 20.4. The third-order valence-electron chi connectivity index (χ3n) is 3.81. The Bertz CT molecular complexity index is 544. The van der Waals surface area contributed by atoms with Gasteiger partial charge in [-0.1, -0.05) is 0 Å². The first-order valence-corrected chi connectivity index (χ1v) is 7.90. The van der Waals surface area contributed by atoms with Gasteiger partial charge in [0.1, 0.15) is 6.07 Å². The quantitative estimate of drug-likeness (QED) is 0.811. The number of thioether (sulfide) groups is 1. The van der Waals surface area contributed by atoms with Gasteiger partial charge in [0.15, 0.2) is 0 Å². The van der Waals surface area contributed by atoms with Crippen LogP contribution in [0.15, 0.2) is 18.5 Å². The summed E-state index contributed by atoms with van der Waals surface area (Å²) in [5, 5.41) is 9.08. The van der Waals surface area contributed by atoms with E-state index in [1.54, 1.807) is 18.5 Å². The Kier molecular flexibility index (Phi) is 3.79. The maximum Gasteiger partial charge on any atom is 0.229 e. The van der Waals surface area contributed by atoms with Gasteiger partial charge in [0.25, 0.3) is 0 Å². The van der Waals surface area contributed by atoms with Crippen LogP contribution in [0, 0.1) is 17.2 Å². The summed E-state index contributed by atoms with van der Waals surface area (Å²) in [5.41, 5.74) is 1.47. The van der Waals surface area contributed by atoms with Crippen LogP contribution < -0.4 is 4.90 Å². The summed E-state index contributed by atoms with van der Waals surface area (Å²) in [7, 11) is 0. The highest BCUT2D eigenvalue weighted by Crippen LogP contribution is 2.28. The molecule has 0 aromatic carbocycles. The van der Waals surface area contributed by atoms with Crippen molar-refractivity contribution >= 4 is 23.4 Å². The number of rotatable bonds is 2. The predicted molar refractivity (Wildman–Crippen MR) is 78.6 cm³/mol. The summed E-state index contributed by atoms with van der Waals surface area (Å²) >= 11 is 1.91. The minimum absolute atomic E-state index is 0.0739. The third-order valence-corrected chi connectivity index (χ3v) is 4.76. The second-order valence-electron chi connectivity index (χ2n) is 5.04. The number of nitrogens with zero attached hydrogens (tertiary/aromatic N) is 4.